The maximum atomic E-state index is 12.9. The summed E-state index contributed by atoms with van der Waals surface area (Å²) in [6.07, 6.45) is 8.86. The van der Waals surface area contributed by atoms with Gasteiger partial charge in [0.2, 0.25) is 5.91 Å². The van der Waals surface area contributed by atoms with Crippen LogP contribution in [-0.4, -0.2) is 51.8 Å². The standard InChI is InChI=1S/C18H29N3O3/c1-13(2)21(14-8-4-3-5-9-14)15(22)12-20-16(23)18(19-17(20)24)10-6-7-11-18/h13-14H,3-12H2,1-2H3,(H,19,24). The van der Waals surface area contributed by atoms with Gasteiger partial charge < -0.3 is 10.2 Å². The number of hydrogen-bond donors (Lipinski definition) is 1. The van der Waals surface area contributed by atoms with E-state index in [-0.39, 0.29) is 30.4 Å². The van der Waals surface area contributed by atoms with Crippen LogP contribution in [0, 0.1) is 0 Å². The van der Waals surface area contributed by atoms with Crippen LogP contribution in [0.25, 0.3) is 0 Å². The van der Waals surface area contributed by atoms with Gasteiger partial charge in [0.1, 0.15) is 12.1 Å². The second-order valence-corrected chi connectivity index (χ2v) is 7.80. The summed E-state index contributed by atoms with van der Waals surface area (Å²) in [6, 6.07) is -0.0723. The Bertz CT molecular complexity index is 520. The summed E-state index contributed by atoms with van der Waals surface area (Å²) in [5, 5.41) is 2.85. The summed E-state index contributed by atoms with van der Waals surface area (Å²) in [5.74, 6) is -0.304. The highest BCUT2D eigenvalue weighted by molar-refractivity contribution is 6.09. The van der Waals surface area contributed by atoms with Crippen LogP contribution < -0.4 is 5.32 Å². The fraction of sp³-hybridized carbons (Fsp3) is 0.833. The lowest BCUT2D eigenvalue weighted by Crippen LogP contribution is -2.51. The third-order valence-corrected chi connectivity index (χ3v) is 5.81. The van der Waals surface area contributed by atoms with Gasteiger partial charge in [-0.25, -0.2) is 4.79 Å². The van der Waals surface area contributed by atoms with Gasteiger partial charge >= 0.3 is 6.03 Å². The molecule has 3 fully saturated rings. The number of hydrogen-bond acceptors (Lipinski definition) is 3. The zero-order valence-electron chi connectivity index (χ0n) is 14.8. The van der Waals surface area contributed by atoms with Gasteiger partial charge in [-0.1, -0.05) is 32.1 Å². The average molecular weight is 335 g/mol. The molecule has 0 bridgehead atoms. The molecule has 1 aliphatic heterocycles. The van der Waals surface area contributed by atoms with E-state index in [2.05, 4.69) is 5.32 Å². The molecule has 6 heteroatoms. The molecule has 0 aromatic carbocycles. The Morgan fingerprint density at radius 2 is 1.79 bits per heavy atom. The summed E-state index contributed by atoms with van der Waals surface area (Å²) in [4.78, 5) is 40.9. The smallest absolute Gasteiger partial charge is 0.325 e. The van der Waals surface area contributed by atoms with Gasteiger partial charge in [-0.3, -0.25) is 14.5 Å². The minimum atomic E-state index is -0.731. The van der Waals surface area contributed by atoms with E-state index in [1.807, 2.05) is 18.7 Å². The number of carbonyl (C=O) groups is 3. The molecule has 1 N–H and O–H groups in total. The van der Waals surface area contributed by atoms with Gasteiger partial charge in [-0.2, -0.15) is 0 Å². The molecular weight excluding hydrogens is 306 g/mol. The van der Waals surface area contributed by atoms with E-state index < -0.39 is 11.6 Å². The zero-order valence-corrected chi connectivity index (χ0v) is 14.8. The lowest BCUT2D eigenvalue weighted by atomic mass is 9.93. The van der Waals surface area contributed by atoms with Crippen LogP contribution in [0.4, 0.5) is 4.79 Å². The maximum absolute atomic E-state index is 12.9. The summed E-state index contributed by atoms with van der Waals surface area (Å²) < 4.78 is 0. The monoisotopic (exact) mass is 335 g/mol. The minimum absolute atomic E-state index is 0.0850. The van der Waals surface area contributed by atoms with Crippen LogP contribution in [0.2, 0.25) is 0 Å². The molecule has 134 valence electrons. The lowest BCUT2D eigenvalue weighted by Gasteiger charge is -2.38. The summed E-state index contributed by atoms with van der Waals surface area (Å²) in [6.45, 7) is 3.90. The third kappa shape index (κ3) is 3.03. The molecule has 1 spiro atoms. The highest BCUT2D eigenvalue weighted by atomic mass is 16.2. The molecule has 6 nitrogen and oxygen atoms in total. The van der Waals surface area contributed by atoms with Crippen LogP contribution >= 0.6 is 0 Å². The topological polar surface area (TPSA) is 69.7 Å². The maximum Gasteiger partial charge on any atom is 0.325 e. The number of urea groups is 1. The molecule has 2 saturated carbocycles. The van der Waals surface area contributed by atoms with Crippen LogP contribution in [0.15, 0.2) is 0 Å². The van der Waals surface area contributed by atoms with Crippen LogP contribution in [0.5, 0.6) is 0 Å². The molecule has 0 unspecified atom stereocenters. The average Bonchev–Trinajstić information content (AvgIpc) is 3.10. The molecule has 4 amide bonds. The number of carbonyl (C=O) groups excluding carboxylic acids is 3. The molecule has 24 heavy (non-hydrogen) atoms. The predicted octanol–water partition coefficient (Wildman–Crippen LogP) is 2.42. The Hall–Kier alpha value is -1.59. The summed E-state index contributed by atoms with van der Waals surface area (Å²) >= 11 is 0. The van der Waals surface area contributed by atoms with Crippen molar-refractivity contribution in [2.45, 2.75) is 89.3 Å². The Balaban J connectivity index is 1.70. The molecule has 3 aliphatic rings. The summed E-state index contributed by atoms with van der Waals surface area (Å²) in [5.41, 5.74) is -0.731. The Morgan fingerprint density at radius 3 is 2.38 bits per heavy atom. The molecule has 2 aliphatic carbocycles. The van der Waals surface area contributed by atoms with Crippen molar-refractivity contribution < 1.29 is 14.4 Å². The Labute approximate surface area is 143 Å². The number of nitrogens with zero attached hydrogens (tertiary/aromatic N) is 2. The number of imide groups is 1. The normalized spacial score (nSPS) is 24.0. The SMILES string of the molecule is CC(C)N(C(=O)CN1C(=O)NC2(CCCC2)C1=O)C1CCCCC1. The third-order valence-electron chi connectivity index (χ3n) is 5.81. The van der Waals surface area contributed by atoms with Crippen molar-refractivity contribution in [3.05, 3.63) is 0 Å². The molecule has 0 aromatic heterocycles. The second kappa shape index (κ2) is 6.73. The van der Waals surface area contributed by atoms with Gasteiger partial charge in [-0.05, 0) is 39.5 Å². The Kier molecular flexibility index (Phi) is 4.83. The first-order valence-corrected chi connectivity index (χ1v) is 9.40. The molecule has 1 heterocycles. The van der Waals surface area contributed by atoms with Crippen LogP contribution in [0.3, 0.4) is 0 Å². The van der Waals surface area contributed by atoms with E-state index in [9.17, 15) is 14.4 Å². The highest BCUT2D eigenvalue weighted by Gasteiger charge is 2.53. The van der Waals surface area contributed by atoms with Gasteiger partial charge in [0.05, 0.1) is 0 Å². The van der Waals surface area contributed by atoms with Gasteiger partial charge in [0.15, 0.2) is 0 Å². The van der Waals surface area contributed by atoms with E-state index in [4.69, 9.17) is 0 Å². The van der Waals surface area contributed by atoms with E-state index in [1.54, 1.807) is 0 Å². The van der Waals surface area contributed by atoms with Crippen molar-refractivity contribution in [2.75, 3.05) is 6.54 Å². The van der Waals surface area contributed by atoms with Crippen molar-refractivity contribution >= 4 is 17.8 Å². The lowest BCUT2D eigenvalue weighted by molar-refractivity contribution is -0.142. The van der Waals surface area contributed by atoms with E-state index in [0.29, 0.717) is 12.8 Å². The van der Waals surface area contributed by atoms with Crippen molar-refractivity contribution in [1.82, 2.24) is 15.1 Å². The molecule has 3 rings (SSSR count). The molecule has 1 saturated heterocycles. The number of nitrogens with one attached hydrogen (secondary N) is 1. The second-order valence-electron chi connectivity index (χ2n) is 7.80. The number of rotatable bonds is 4. The van der Waals surface area contributed by atoms with Crippen molar-refractivity contribution in [3.8, 4) is 0 Å². The molecule has 0 radical (unpaired) electrons. The van der Waals surface area contributed by atoms with Gasteiger partial charge in [-0.15, -0.1) is 0 Å². The first kappa shape index (κ1) is 17.2. The fourth-order valence-electron chi connectivity index (χ4n) is 4.63. The van der Waals surface area contributed by atoms with E-state index in [0.717, 1.165) is 43.4 Å². The molecule has 0 atom stereocenters. The number of amides is 4. The fourth-order valence-corrected chi connectivity index (χ4v) is 4.63. The first-order chi connectivity index (χ1) is 11.4. The van der Waals surface area contributed by atoms with Crippen molar-refractivity contribution in [1.29, 1.82) is 0 Å². The van der Waals surface area contributed by atoms with Gasteiger partial charge in [0.25, 0.3) is 5.91 Å². The zero-order chi connectivity index (χ0) is 17.3. The van der Waals surface area contributed by atoms with E-state index in [1.165, 1.54) is 6.42 Å². The minimum Gasteiger partial charge on any atom is -0.336 e. The predicted molar refractivity (Wildman–Crippen MR) is 90.3 cm³/mol. The summed E-state index contributed by atoms with van der Waals surface area (Å²) in [7, 11) is 0. The van der Waals surface area contributed by atoms with Crippen LogP contribution in [-0.2, 0) is 9.59 Å². The molecule has 0 aromatic rings. The molecular formula is C18H29N3O3. The van der Waals surface area contributed by atoms with E-state index >= 15 is 0 Å². The van der Waals surface area contributed by atoms with Gasteiger partial charge in [0, 0.05) is 12.1 Å². The van der Waals surface area contributed by atoms with Crippen LogP contribution in [0.1, 0.15) is 71.6 Å². The largest absolute Gasteiger partial charge is 0.336 e. The Morgan fingerprint density at radius 1 is 1.17 bits per heavy atom. The highest BCUT2D eigenvalue weighted by Crippen LogP contribution is 2.35. The van der Waals surface area contributed by atoms with Crippen molar-refractivity contribution in [2.24, 2.45) is 0 Å². The first-order valence-electron chi connectivity index (χ1n) is 9.40. The quantitative estimate of drug-likeness (QED) is 0.802. The van der Waals surface area contributed by atoms with Crippen molar-refractivity contribution in [3.63, 3.8) is 0 Å².